The fourth-order valence-corrected chi connectivity index (χ4v) is 2.94. The zero-order valence-corrected chi connectivity index (χ0v) is 20.0. The number of carbonyl (C=O) groups is 3. The minimum Gasteiger partial charge on any atom is -0.497 e. The molecule has 2 aromatic rings. The van der Waals surface area contributed by atoms with Gasteiger partial charge in [0.25, 0.3) is 0 Å². The minimum atomic E-state index is -1.03. The van der Waals surface area contributed by atoms with Gasteiger partial charge in [-0.2, -0.15) is 5.10 Å². The van der Waals surface area contributed by atoms with Crippen LogP contribution in [0.2, 0.25) is 5.02 Å². The van der Waals surface area contributed by atoms with E-state index in [9.17, 15) is 14.4 Å². The number of anilines is 2. The van der Waals surface area contributed by atoms with Gasteiger partial charge in [0, 0.05) is 23.9 Å². The van der Waals surface area contributed by atoms with Gasteiger partial charge in [-0.25, -0.2) is 5.43 Å². The number of rotatable bonds is 9. The maximum atomic E-state index is 12.4. The van der Waals surface area contributed by atoms with Crippen molar-refractivity contribution in [3.8, 4) is 23.0 Å². The number of carbonyl (C=O) groups excluding carboxylic acids is 3. The van der Waals surface area contributed by atoms with E-state index in [1.165, 1.54) is 53.6 Å². The molecule has 0 aliphatic rings. The number of halogens is 1. The molecule has 0 spiro atoms. The fourth-order valence-electron chi connectivity index (χ4n) is 2.71. The SMILES string of the molecule is COc1ccc(OC)c(NC(=O)C(=O)N/N=C(/C)CC(=O)Nc2cc(OC)c(Cl)cc2OC)c1. The number of amides is 3. The molecule has 0 saturated carbocycles. The van der Waals surface area contributed by atoms with Crippen LogP contribution in [0.3, 0.4) is 0 Å². The van der Waals surface area contributed by atoms with Crippen molar-refractivity contribution in [2.24, 2.45) is 5.10 Å². The van der Waals surface area contributed by atoms with Gasteiger partial charge in [-0.05, 0) is 19.1 Å². The molecule has 0 saturated heterocycles. The number of nitrogens with zero attached hydrogens (tertiary/aromatic N) is 1. The molecule has 11 nitrogen and oxygen atoms in total. The first-order chi connectivity index (χ1) is 16.2. The summed E-state index contributed by atoms with van der Waals surface area (Å²) >= 11 is 6.06. The molecule has 0 bridgehead atoms. The van der Waals surface area contributed by atoms with E-state index in [1.54, 1.807) is 12.1 Å². The average molecular weight is 493 g/mol. The zero-order valence-electron chi connectivity index (χ0n) is 19.3. The topological polar surface area (TPSA) is 137 Å². The van der Waals surface area contributed by atoms with Crippen LogP contribution in [0.4, 0.5) is 11.4 Å². The highest BCUT2D eigenvalue weighted by Crippen LogP contribution is 2.36. The van der Waals surface area contributed by atoms with E-state index < -0.39 is 17.7 Å². The first kappa shape index (κ1) is 26.3. The van der Waals surface area contributed by atoms with Crippen LogP contribution in [0.1, 0.15) is 13.3 Å². The van der Waals surface area contributed by atoms with Gasteiger partial charge in [0.1, 0.15) is 23.0 Å². The lowest BCUT2D eigenvalue weighted by molar-refractivity contribution is -0.136. The summed E-state index contributed by atoms with van der Waals surface area (Å²) in [6.45, 7) is 1.52. The largest absolute Gasteiger partial charge is 0.497 e. The lowest BCUT2D eigenvalue weighted by Gasteiger charge is -2.13. The number of hydrazone groups is 1. The second kappa shape index (κ2) is 12.3. The summed E-state index contributed by atoms with van der Waals surface area (Å²) in [4.78, 5) is 36.7. The molecule has 0 atom stereocenters. The van der Waals surface area contributed by atoms with Gasteiger partial charge >= 0.3 is 11.8 Å². The van der Waals surface area contributed by atoms with Gasteiger partial charge in [-0.15, -0.1) is 0 Å². The summed E-state index contributed by atoms with van der Waals surface area (Å²) in [7, 11) is 5.76. The molecule has 2 rings (SSSR count). The highest BCUT2D eigenvalue weighted by molar-refractivity contribution is 6.39. The van der Waals surface area contributed by atoms with E-state index in [1.807, 2.05) is 0 Å². The number of hydrogen-bond acceptors (Lipinski definition) is 8. The Morgan fingerprint density at radius 2 is 1.47 bits per heavy atom. The van der Waals surface area contributed by atoms with Crippen molar-refractivity contribution >= 4 is 46.4 Å². The third-order valence-electron chi connectivity index (χ3n) is 4.37. The number of hydrogen-bond donors (Lipinski definition) is 3. The Labute approximate surface area is 201 Å². The van der Waals surface area contributed by atoms with Gasteiger partial charge in [-0.1, -0.05) is 11.6 Å². The molecule has 12 heteroatoms. The standard InChI is InChI=1S/C22H25ClN4O7/c1-12(8-20(28)24-16-11-18(33-4)14(23)10-19(16)34-5)26-27-22(30)21(29)25-15-9-13(31-2)6-7-17(15)32-3/h6-7,9-11H,8H2,1-5H3,(H,24,28)(H,25,29)(H,27,30)/b26-12-. The third-order valence-corrected chi connectivity index (χ3v) is 4.67. The molecule has 0 fully saturated rings. The molecular weight excluding hydrogens is 468 g/mol. The number of methoxy groups -OCH3 is 4. The van der Waals surface area contributed by atoms with Gasteiger partial charge < -0.3 is 29.6 Å². The van der Waals surface area contributed by atoms with E-state index >= 15 is 0 Å². The Hall–Kier alpha value is -3.99. The number of ether oxygens (including phenoxy) is 4. The summed E-state index contributed by atoms with van der Waals surface area (Å²) in [6, 6.07) is 7.75. The molecule has 2 aromatic carbocycles. The first-order valence-corrected chi connectivity index (χ1v) is 10.2. The van der Waals surface area contributed by atoms with Crippen molar-refractivity contribution in [3.63, 3.8) is 0 Å². The zero-order chi connectivity index (χ0) is 25.3. The maximum absolute atomic E-state index is 12.4. The third kappa shape index (κ3) is 7.01. The Morgan fingerprint density at radius 1 is 0.824 bits per heavy atom. The molecule has 0 aliphatic heterocycles. The molecule has 182 valence electrons. The van der Waals surface area contributed by atoms with Crippen LogP contribution in [-0.4, -0.2) is 51.9 Å². The Morgan fingerprint density at radius 3 is 2.09 bits per heavy atom. The lowest BCUT2D eigenvalue weighted by atomic mass is 10.2. The molecule has 3 N–H and O–H groups in total. The predicted molar refractivity (Wildman–Crippen MR) is 127 cm³/mol. The summed E-state index contributed by atoms with van der Waals surface area (Å²) in [5, 5.41) is 9.20. The molecular formula is C22H25ClN4O7. The van der Waals surface area contributed by atoms with E-state index in [-0.39, 0.29) is 17.8 Å². The van der Waals surface area contributed by atoms with Crippen LogP contribution >= 0.6 is 11.6 Å². The minimum absolute atomic E-state index is 0.167. The Balaban J connectivity index is 1.98. The molecule has 0 heterocycles. The summed E-state index contributed by atoms with van der Waals surface area (Å²) in [5.74, 6) is -0.956. The normalized spacial score (nSPS) is 10.7. The molecule has 0 aliphatic carbocycles. The van der Waals surface area contributed by atoms with Crippen molar-refractivity contribution in [1.82, 2.24) is 5.43 Å². The van der Waals surface area contributed by atoms with Gasteiger partial charge in [0.05, 0.1) is 51.3 Å². The number of benzene rings is 2. The van der Waals surface area contributed by atoms with Crippen LogP contribution in [0.5, 0.6) is 23.0 Å². The van der Waals surface area contributed by atoms with E-state index in [0.29, 0.717) is 33.7 Å². The van der Waals surface area contributed by atoms with Gasteiger partial charge in [0.15, 0.2) is 0 Å². The second-order valence-electron chi connectivity index (χ2n) is 6.72. The first-order valence-electron chi connectivity index (χ1n) is 9.80. The van der Waals surface area contributed by atoms with Gasteiger partial charge in [0.2, 0.25) is 5.91 Å². The van der Waals surface area contributed by atoms with E-state index in [4.69, 9.17) is 30.5 Å². The van der Waals surface area contributed by atoms with Crippen molar-refractivity contribution in [2.75, 3.05) is 39.1 Å². The molecule has 0 unspecified atom stereocenters. The highest BCUT2D eigenvalue weighted by Gasteiger charge is 2.17. The van der Waals surface area contributed by atoms with Crippen LogP contribution in [0.25, 0.3) is 0 Å². The molecule has 0 radical (unpaired) electrons. The molecule has 0 aromatic heterocycles. The summed E-state index contributed by atoms with van der Waals surface area (Å²) in [5.41, 5.74) is 2.95. The highest BCUT2D eigenvalue weighted by atomic mass is 35.5. The molecule has 34 heavy (non-hydrogen) atoms. The van der Waals surface area contributed by atoms with E-state index in [0.717, 1.165) is 0 Å². The average Bonchev–Trinajstić information content (AvgIpc) is 2.82. The van der Waals surface area contributed by atoms with Crippen LogP contribution in [-0.2, 0) is 14.4 Å². The van der Waals surface area contributed by atoms with Crippen LogP contribution in [0.15, 0.2) is 35.4 Å². The van der Waals surface area contributed by atoms with E-state index in [2.05, 4.69) is 21.2 Å². The maximum Gasteiger partial charge on any atom is 0.329 e. The quantitative estimate of drug-likeness (QED) is 0.278. The van der Waals surface area contributed by atoms with Crippen molar-refractivity contribution < 1.29 is 33.3 Å². The fraction of sp³-hybridized carbons (Fsp3) is 0.273. The molecule has 3 amide bonds. The van der Waals surface area contributed by atoms with Crippen LogP contribution in [0, 0.1) is 0 Å². The van der Waals surface area contributed by atoms with Crippen molar-refractivity contribution in [2.45, 2.75) is 13.3 Å². The smallest absolute Gasteiger partial charge is 0.329 e. The number of nitrogens with one attached hydrogen (secondary N) is 3. The monoisotopic (exact) mass is 492 g/mol. The Bertz CT molecular complexity index is 1100. The van der Waals surface area contributed by atoms with Gasteiger partial charge in [-0.3, -0.25) is 14.4 Å². The summed E-state index contributed by atoms with van der Waals surface area (Å²) < 4.78 is 20.6. The predicted octanol–water partition coefficient (Wildman–Crippen LogP) is 2.83. The Kier molecular flexibility index (Phi) is 9.50. The second-order valence-corrected chi connectivity index (χ2v) is 7.13. The van der Waals surface area contributed by atoms with Crippen LogP contribution < -0.4 is 35.0 Å². The van der Waals surface area contributed by atoms with Crippen molar-refractivity contribution in [1.29, 1.82) is 0 Å². The van der Waals surface area contributed by atoms with Crippen molar-refractivity contribution in [3.05, 3.63) is 35.4 Å². The lowest BCUT2D eigenvalue weighted by Crippen LogP contribution is -2.33. The summed E-state index contributed by atoms with van der Waals surface area (Å²) in [6.07, 6.45) is -0.167.